The van der Waals surface area contributed by atoms with Crippen LogP contribution in [-0.2, 0) is 11.3 Å². The number of alkyl halides is 3. The number of anilines is 1. The van der Waals surface area contributed by atoms with E-state index in [-0.39, 0.29) is 24.2 Å². The van der Waals surface area contributed by atoms with E-state index in [0.717, 1.165) is 0 Å². The fraction of sp³-hybridized carbons (Fsp3) is 0.600. The van der Waals surface area contributed by atoms with Gasteiger partial charge >= 0.3 is 6.18 Å². The standard InChI is InChI=1S/C10H13BrF3N3O/c1-5(2)8-7(11)9(15)17-6(16-8)3-18-4-10(12,13)14/h5H,3-4H2,1-2H3,(H2,15,16,17). The molecule has 0 fully saturated rings. The molecule has 0 amide bonds. The van der Waals surface area contributed by atoms with E-state index in [0.29, 0.717) is 10.2 Å². The number of rotatable bonds is 4. The van der Waals surface area contributed by atoms with Crippen molar-refractivity contribution in [1.29, 1.82) is 0 Å². The molecule has 1 rings (SSSR count). The number of aromatic nitrogens is 2. The van der Waals surface area contributed by atoms with Crippen LogP contribution in [0.2, 0.25) is 0 Å². The van der Waals surface area contributed by atoms with Crippen molar-refractivity contribution in [3.8, 4) is 0 Å². The van der Waals surface area contributed by atoms with E-state index in [4.69, 9.17) is 5.73 Å². The Bertz CT molecular complexity index is 424. The first-order valence-electron chi connectivity index (χ1n) is 5.17. The molecule has 0 unspecified atom stereocenters. The summed E-state index contributed by atoms with van der Waals surface area (Å²) < 4.78 is 40.8. The summed E-state index contributed by atoms with van der Waals surface area (Å²) in [5.41, 5.74) is 6.29. The Kier molecular flexibility index (Phi) is 4.92. The van der Waals surface area contributed by atoms with Gasteiger partial charge in [-0.3, -0.25) is 0 Å². The molecule has 0 atom stereocenters. The van der Waals surface area contributed by atoms with Crippen LogP contribution in [0.4, 0.5) is 19.0 Å². The third kappa shape index (κ3) is 4.41. The van der Waals surface area contributed by atoms with Crippen LogP contribution in [0.1, 0.15) is 31.3 Å². The summed E-state index contributed by atoms with van der Waals surface area (Å²) >= 11 is 3.24. The highest BCUT2D eigenvalue weighted by Gasteiger charge is 2.27. The summed E-state index contributed by atoms with van der Waals surface area (Å²) in [6.07, 6.45) is -4.36. The summed E-state index contributed by atoms with van der Waals surface area (Å²) in [5, 5.41) is 0. The summed E-state index contributed by atoms with van der Waals surface area (Å²) in [6.45, 7) is 2.14. The molecule has 1 aromatic rings. The van der Waals surface area contributed by atoms with Gasteiger partial charge in [0, 0.05) is 0 Å². The van der Waals surface area contributed by atoms with Crippen LogP contribution in [0.25, 0.3) is 0 Å². The van der Waals surface area contributed by atoms with Crippen LogP contribution in [0, 0.1) is 0 Å². The lowest BCUT2D eigenvalue weighted by Crippen LogP contribution is -2.18. The molecular formula is C10H13BrF3N3O. The van der Waals surface area contributed by atoms with Gasteiger partial charge < -0.3 is 10.5 Å². The van der Waals surface area contributed by atoms with E-state index >= 15 is 0 Å². The molecule has 0 saturated carbocycles. The zero-order valence-electron chi connectivity index (χ0n) is 9.88. The third-order valence-electron chi connectivity index (χ3n) is 1.99. The van der Waals surface area contributed by atoms with Crippen molar-refractivity contribution in [2.24, 2.45) is 0 Å². The fourth-order valence-electron chi connectivity index (χ4n) is 1.24. The van der Waals surface area contributed by atoms with Crippen LogP contribution in [0.5, 0.6) is 0 Å². The smallest absolute Gasteiger partial charge is 0.383 e. The predicted octanol–water partition coefficient (Wildman–Crippen LogP) is 3.02. The van der Waals surface area contributed by atoms with Crippen LogP contribution in [0.15, 0.2) is 4.47 Å². The Hall–Kier alpha value is -0.890. The number of nitrogens with zero attached hydrogens (tertiary/aromatic N) is 2. The van der Waals surface area contributed by atoms with Crippen molar-refractivity contribution in [2.45, 2.75) is 32.5 Å². The fourth-order valence-corrected chi connectivity index (χ4v) is 1.87. The zero-order valence-corrected chi connectivity index (χ0v) is 11.5. The number of nitrogen functional groups attached to an aromatic ring is 1. The molecule has 4 nitrogen and oxygen atoms in total. The van der Waals surface area contributed by atoms with Gasteiger partial charge in [-0.1, -0.05) is 13.8 Å². The van der Waals surface area contributed by atoms with Gasteiger partial charge in [0.25, 0.3) is 0 Å². The molecule has 0 aliphatic heterocycles. The minimum atomic E-state index is -4.36. The van der Waals surface area contributed by atoms with Crippen molar-refractivity contribution in [3.63, 3.8) is 0 Å². The van der Waals surface area contributed by atoms with Gasteiger partial charge in [-0.15, -0.1) is 0 Å². The summed E-state index contributed by atoms with van der Waals surface area (Å²) in [7, 11) is 0. The SMILES string of the molecule is CC(C)c1nc(COCC(F)(F)F)nc(N)c1Br. The number of halogens is 4. The quantitative estimate of drug-likeness (QED) is 0.923. The Morgan fingerprint density at radius 3 is 2.44 bits per heavy atom. The first kappa shape index (κ1) is 15.2. The van der Waals surface area contributed by atoms with Gasteiger partial charge in [0.1, 0.15) is 19.0 Å². The van der Waals surface area contributed by atoms with Crippen molar-refractivity contribution in [2.75, 3.05) is 12.3 Å². The molecule has 0 spiro atoms. The van der Waals surface area contributed by atoms with Crippen LogP contribution in [-0.4, -0.2) is 22.8 Å². The molecular weight excluding hydrogens is 315 g/mol. The Balaban J connectivity index is 2.78. The zero-order chi connectivity index (χ0) is 13.9. The molecule has 0 bridgehead atoms. The minimum absolute atomic E-state index is 0.0750. The molecule has 102 valence electrons. The summed E-state index contributed by atoms with van der Waals surface area (Å²) in [5.74, 6) is 0.411. The average molecular weight is 328 g/mol. The van der Waals surface area contributed by atoms with Crippen LogP contribution < -0.4 is 5.73 Å². The summed E-state index contributed by atoms with van der Waals surface area (Å²) in [6, 6.07) is 0. The van der Waals surface area contributed by atoms with Crippen molar-refractivity contribution in [3.05, 3.63) is 16.0 Å². The molecule has 1 aromatic heterocycles. The van der Waals surface area contributed by atoms with Gasteiger partial charge in [-0.2, -0.15) is 13.2 Å². The monoisotopic (exact) mass is 327 g/mol. The van der Waals surface area contributed by atoms with Gasteiger partial charge in [0.15, 0.2) is 5.82 Å². The molecule has 0 aliphatic rings. The lowest BCUT2D eigenvalue weighted by molar-refractivity contribution is -0.177. The first-order valence-corrected chi connectivity index (χ1v) is 5.96. The maximum atomic E-state index is 11.9. The largest absolute Gasteiger partial charge is 0.411 e. The first-order chi connectivity index (χ1) is 8.20. The molecule has 18 heavy (non-hydrogen) atoms. The molecule has 0 radical (unpaired) electrons. The van der Waals surface area contributed by atoms with E-state index in [9.17, 15) is 13.2 Å². The van der Waals surface area contributed by atoms with Crippen molar-refractivity contribution in [1.82, 2.24) is 9.97 Å². The molecule has 8 heteroatoms. The Morgan fingerprint density at radius 1 is 1.33 bits per heavy atom. The average Bonchev–Trinajstić information content (AvgIpc) is 2.20. The second kappa shape index (κ2) is 5.83. The van der Waals surface area contributed by atoms with E-state index in [2.05, 4.69) is 30.6 Å². The molecule has 0 aliphatic carbocycles. The molecule has 2 N–H and O–H groups in total. The molecule has 0 saturated heterocycles. The van der Waals surface area contributed by atoms with Gasteiger partial charge in [-0.25, -0.2) is 9.97 Å². The highest BCUT2D eigenvalue weighted by molar-refractivity contribution is 9.10. The normalized spacial score (nSPS) is 12.2. The minimum Gasteiger partial charge on any atom is -0.383 e. The van der Waals surface area contributed by atoms with E-state index in [1.54, 1.807) is 0 Å². The van der Waals surface area contributed by atoms with E-state index < -0.39 is 12.8 Å². The highest BCUT2D eigenvalue weighted by atomic mass is 79.9. The van der Waals surface area contributed by atoms with Gasteiger partial charge in [-0.05, 0) is 21.8 Å². The lowest BCUT2D eigenvalue weighted by atomic mass is 10.1. The predicted molar refractivity (Wildman–Crippen MR) is 63.9 cm³/mol. The molecule has 1 heterocycles. The maximum absolute atomic E-state index is 11.9. The Labute approximate surface area is 111 Å². The number of nitrogens with two attached hydrogens (primary N) is 1. The maximum Gasteiger partial charge on any atom is 0.411 e. The third-order valence-corrected chi connectivity index (χ3v) is 2.81. The van der Waals surface area contributed by atoms with Crippen LogP contribution >= 0.6 is 15.9 Å². The van der Waals surface area contributed by atoms with E-state index in [1.165, 1.54) is 0 Å². The van der Waals surface area contributed by atoms with Gasteiger partial charge in [0.05, 0.1) is 10.2 Å². The van der Waals surface area contributed by atoms with Crippen molar-refractivity contribution >= 4 is 21.7 Å². The van der Waals surface area contributed by atoms with Gasteiger partial charge in [0.2, 0.25) is 0 Å². The Morgan fingerprint density at radius 2 is 1.94 bits per heavy atom. The number of ether oxygens (including phenoxy) is 1. The summed E-state index contributed by atoms with van der Waals surface area (Å²) in [4.78, 5) is 7.98. The topological polar surface area (TPSA) is 61.0 Å². The number of hydrogen-bond acceptors (Lipinski definition) is 4. The lowest BCUT2D eigenvalue weighted by Gasteiger charge is -2.12. The second-order valence-electron chi connectivity index (χ2n) is 3.99. The highest BCUT2D eigenvalue weighted by Crippen LogP contribution is 2.27. The number of hydrogen-bond donors (Lipinski definition) is 1. The van der Waals surface area contributed by atoms with E-state index in [1.807, 2.05) is 13.8 Å². The van der Waals surface area contributed by atoms with Crippen LogP contribution in [0.3, 0.4) is 0 Å². The molecule has 0 aromatic carbocycles. The van der Waals surface area contributed by atoms with Crippen molar-refractivity contribution < 1.29 is 17.9 Å². The second-order valence-corrected chi connectivity index (χ2v) is 4.78.